The van der Waals surface area contributed by atoms with Gasteiger partial charge in [0, 0.05) is 17.5 Å². The van der Waals surface area contributed by atoms with Gasteiger partial charge in [0.2, 0.25) is 0 Å². The summed E-state index contributed by atoms with van der Waals surface area (Å²) < 4.78 is 0. The molecule has 3 rings (SSSR count). The molecule has 0 aromatic carbocycles. The highest BCUT2D eigenvalue weighted by atomic mass is 32.1. The number of aromatic nitrogens is 1. The van der Waals surface area contributed by atoms with Gasteiger partial charge in [0.25, 0.3) is 0 Å². The minimum absolute atomic E-state index is 0.362. The molecule has 0 bridgehead atoms. The number of thiophene rings is 1. The number of hydrogen-bond donors (Lipinski definition) is 1. The minimum atomic E-state index is -0.827. The van der Waals surface area contributed by atoms with E-state index in [1.807, 2.05) is 11.4 Å². The van der Waals surface area contributed by atoms with Crippen molar-refractivity contribution in [2.75, 3.05) is 7.05 Å². The number of fused-ring (bicyclic) bond motifs is 1. The summed E-state index contributed by atoms with van der Waals surface area (Å²) in [7, 11) is 2.08. The Balaban J connectivity index is 1.81. The lowest BCUT2D eigenvalue weighted by atomic mass is 9.96. The Morgan fingerprint density at radius 2 is 2.38 bits per heavy atom. The van der Waals surface area contributed by atoms with Crippen molar-refractivity contribution < 1.29 is 9.90 Å². The van der Waals surface area contributed by atoms with Crippen LogP contribution < -0.4 is 0 Å². The van der Waals surface area contributed by atoms with Crippen molar-refractivity contribution in [3.8, 4) is 0 Å². The molecule has 1 N–H and O–H groups in total. The summed E-state index contributed by atoms with van der Waals surface area (Å²) >= 11 is 3.08. The first-order chi connectivity index (χ1) is 10.1. The maximum absolute atomic E-state index is 11.2. The Morgan fingerprint density at radius 1 is 1.57 bits per heavy atom. The fourth-order valence-corrected chi connectivity index (χ4v) is 4.89. The van der Waals surface area contributed by atoms with Gasteiger partial charge in [-0.2, -0.15) is 0 Å². The smallest absolute Gasteiger partial charge is 0.346 e. The highest BCUT2D eigenvalue weighted by Gasteiger charge is 2.27. The summed E-state index contributed by atoms with van der Waals surface area (Å²) in [4.78, 5) is 19.9. The third-order valence-electron chi connectivity index (χ3n) is 3.92. The average Bonchev–Trinajstić information content (AvgIpc) is 3.02. The van der Waals surface area contributed by atoms with Gasteiger partial charge in [-0.3, -0.25) is 4.90 Å². The van der Waals surface area contributed by atoms with Crippen molar-refractivity contribution in [2.24, 2.45) is 0 Å². The van der Waals surface area contributed by atoms with Gasteiger partial charge in [0.15, 0.2) is 0 Å². The van der Waals surface area contributed by atoms with Crippen LogP contribution in [0.25, 0.3) is 0 Å². The number of nitrogens with zero attached hydrogens (tertiary/aromatic N) is 2. The van der Waals surface area contributed by atoms with E-state index >= 15 is 0 Å². The molecular weight excluding hydrogens is 304 g/mol. The Morgan fingerprint density at radius 3 is 3.14 bits per heavy atom. The first-order valence-electron chi connectivity index (χ1n) is 7.02. The molecule has 1 aliphatic rings. The zero-order valence-electron chi connectivity index (χ0n) is 12.1. The largest absolute Gasteiger partial charge is 0.477 e. The molecule has 21 heavy (non-hydrogen) atoms. The summed E-state index contributed by atoms with van der Waals surface area (Å²) in [6, 6.07) is 2.29. The third-order valence-corrected chi connectivity index (χ3v) is 5.98. The van der Waals surface area contributed by atoms with E-state index in [0.717, 1.165) is 29.8 Å². The molecule has 2 aromatic rings. The zero-order chi connectivity index (χ0) is 15.0. The summed E-state index contributed by atoms with van der Waals surface area (Å²) in [6.45, 7) is 2.73. The molecule has 1 aliphatic carbocycles. The molecule has 1 unspecified atom stereocenters. The number of hydrogen-bond acceptors (Lipinski definition) is 5. The number of carboxylic acids is 1. The van der Waals surface area contributed by atoms with E-state index in [4.69, 9.17) is 0 Å². The molecule has 6 heteroatoms. The van der Waals surface area contributed by atoms with Crippen LogP contribution >= 0.6 is 22.7 Å². The van der Waals surface area contributed by atoms with E-state index in [0.29, 0.717) is 17.5 Å². The maximum atomic E-state index is 11.2. The Bertz CT molecular complexity index is 662. The van der Waals surface area contributed by atoms with Gasteiger partial charge < -0.3 is 5.11 Å². The molecule has 0 saturated heterocycles. The fourth-order valence-electron chi connectivity index (χ4n) is 2.97. The van der Waals surface area contributed by atoms with Gasteiger partial charge in [-0.1, -0.05) is 0 Å². The molecule has 2 aromatic heterocycles. The van der Waals surface area contributed by atoms with Crippen LogP contribution in [0.2, 0.25) is 0 Å². The number of rotatable bonds is 4. The topological polar surface area (TPSA) is 53.4 Å². The molecule has 0 fully saturated rings. The zero-order valence-corrected chi connectivity index (χ0v) is 13.8. The Hall–Kier alpha value is -1.24. The third kappa shape index (κ3) is 2.88. The lowest BCUT2D eigenvalue weighted by Crippen LogP contribution is -2.27. The SMILES string of the molecule is Cc1nc2c(s1)C(N(C)Cc1ccsc1C(=O)O)CCC2. The molecule has 0 radical (unpaired) electrons. The minimum Gasteiger partial charge on any atom is -0.477 e. The lowest BCUT2D eigenvalue weighted by molar-refractivity contribution is 0.0699. The van der Waals surface area contributed by atoms with E-state index in [-0.39, 0.29) is 0 Å². The second kappa shape index (κ2) is 5.87. The van der Waals surface area contributed by atoms with E-state index in [1.54, 1.807) is 11.3 Å². The van der Waals surface area contributed by atoms with Crippen LogP contribution in [0.4, 0.5) is 0 Å². The second-order valence-electron chi connectivity index (χ2n) is 5.45. The normalized spacial score (nSPS) is 18.0. The van der Waals surface area contributed by atoms with Gasteiger partial charge in [0.05, 0.1) is 10.7 Å². The quantitative estimate of drug-likeness (QED) is 0.932. The van der Waals surface area contributed by atoms with E-state index in [1.165, 1.54) is 21.9 Å². The van der Waals surface area contributed by atoms with E-state index < -0.39 is 5.97 Å². The van der Waals surface area contributed by atoms with Crippen molar-refractivity contribution in [1.29, 1.82) is 0 Å². The standard InChI is InChI=1S/C15H18N2O2S2/c1-9-16-11-4-3-5-12(14(11)21-9)17(2)8-10-6-7-20-13(10)15(18)19/h6-7,12H,3-5,8H2,1-2H3,(H,18,19). The maximum Gasteiger partial charge on any atom is 0.346 e. The van der Waals surface area contributed by atoms with Crippen LogP contribution in [-0.2, 0) is 13.0 Å². The number of aryl methyl sites for hydroxylation is 2. The number of aromatic carboxylic acids is 1. The summed E-state index contributed by atoms with van der Waals surface area (Å²) in [5.41, 5.74) is 2.15. The first-order valence-corrected chi connectivity index (χ1v) is 8.72. The van der Waals surface area contributed by atoms with Crippen LogP contribution in [0.1, 0.15) is 49.7 Å². The number of carbonyl (C=O) groups is 1. The predicted molar refractivity (Wildman–Crippen MR) is 85.3 cm³/mol. The molecule has 0 saturated carbocycles. The second-order valence-corrected chi connectivity index (χ2v) is 7.60. The fraction of sp³-hybridized carbons (Fsp3) is 0.467. The van der Waals surface area contributed by atoms with Gasteiger partial charge >= 0.3 is 5.97 Å². The Kier molecular flexibility index (Phi) is 4.10. The van der Waals surface area contributed by atoms with E-state index in [2.05, 4.69) is 23.9 Å². The van der Waals surface area contributed by atoms with Crippen LogP contribution in [-0.4, -0.2) is 28.0 Å². The van der Waals surface area contributed by atoms with Crippen LogP contribution in [0, 0.1) is 6.92 Å². The Labute approximate surface area is 132 Å². The van der Waals surface area contributed by atoms with Crippen molar-refractivity contribution in [2.45, 2.75) is 38.8 Å². The molecule has 1 atom stereocenters. The van der Waals surface area contributed by atoms with Gasteiger partial charge in [0.1, 0.15) is 4.88 Å². The van der Waals surface area contributed by atoms with Crippen LogP contribution in [0.5, 0.6) is 0 Å². The van der Waals surface area contributed by atoms with Crippen molar-refractivity contribution in [3.63, 3.8) is 0 Å². The lowest BCUT2D eigenvalue weighted by Gasteiger charge is -2.30. The molecule has 112 valence electrons. The number of carboxylic acid groups (broad SMARTS) is 1. The molecular formula is C15H18N2O2S2. The molecule has 2 heterocycles. The molecule has 0 aliphatic heterocycles. The van der Waals surface area contributed by atoms with Gasteiger partial charge in [-0.25, -0.2) is 9.78 Å². The van der Waals surface area contributed by atoms with Crippen LogP contribution in [0.15, 0.2) is 11.4 Å². The monoisotopic (exact) mass is 322 g/mol. The summed E-state index contributed by atoms with van der Waals surface area (Å²) in [5, 5.41) is 12.2. The van der Waals surface area contributed by atoms with E-state index in [9.17, 15) is 9.90 Å². The van der Waals surface area contributed by atoms with Crippen molar-refractivity contribution in [3.05, 3.63) is 37.5 Å². The molecule has 0 spiro atoms. The van der Waals surface area contributed by atoms with Gasteiger partial charge in [-0.15, -0.1) is 22.7 Å². The first kappa shape index (κ1) is 14.7. The average molecular weight is 322 g/mol. The van der Waals surface area contributed by atoms with Gasteiger partial charge in [-0.05, 0) is 50.2 Å². The molecule has 4 nitrogen and oxygen atoms in total. The molecule has 0 amide bonds. The summed E-state index contributed by atoms with van der Waals surface area (Å²) in [5.74, 6) is -0.827. The number of thiazole rings is 1. The van der Waals surface area contributed by atoms with Crippen molar-refractivity contribution in [1.82, 2.24) is 9.88 Å². The van der Waals surface area contributed by atoms with Crippen molar-refractivity contribution >= 4 is 28.6 Å². The van der Waals surface area contributed by atoms with Crippen LogP contribution in [0.3, 0.4) is 0 Å². The summed E-state index contributed by atoms with van der Waals surface area (Å²) in [6.07, 6.45) is 3.35. The highest BCUT2D eigenvalue weighted by molar-refractivity contribution is 7.12. The predicted octanol–water partition coefficient (Wildman–Crippen LogP) is 3.72. The highest BCUT2D eigenvalue weighted by Crippen LogP contribution is 2.38.